The summed E-state index contributed by atoms with van der Waals surface area (Å²) in [6.07, 6.45) is -2.76. The zero-order chi connectivity index (χ0) is 20.6. The summed E-state index contributed by atoms with van der Waals surface area (Å²) in [5, 5.41) is 3.90. The van der Waals surface area contributed by atoms with Gasteiger partial charge in [-0.25, -0.2) is 4.98 Å². The van der Waals surface area contributed by atoms with E-state index < -0.39 is 11.7 Å². The van der Waals surface area contributed by atoms with Crippen LogP contribution in [0.4, 0.5) is 13.2 Å². The minimum atomic E-state index is -4.58. The molecular weight excluding hydrogens is 421 g/mol. The van der Waals surface area contributed by atoms with Crippen molar-refractivity contribution >= 4 is 23.4 Å². The lowest BCUT2D eigenvalue weighted by atomic mass is 10.1. The number of halogens is 4. The highest BCUT2D eigenvalue weighted by Crippen LogP contribution is 2.39. The molecule has 4 rings (SSSR count). The first kappa shape index (κ1) is 21.6. The molecule has 0 radical (unpaired) electrons. The molecule has 30 heavy (non-hydrogen) atoms. The highest BCUT2D eigenvalue weighted by atomic mass is 35.5. The number of fused-ring (bicyclic) bond motifs is 1. The smallest absolute Gasteiger partial charge is 0.419 e. The Labute approximate surface area is 175 Å². The second-order valence-corrected chi connectivity index (χ2v) is 6.60. The summed E-state index contributed by atoms with van der Waals surface area (Å²) in [5.41, 5.74) is 1.51. The second kappa shape index (κ2) is 8.35. The zero-order valence-electron chi connectivity index (χ0n) is 16.0. The van der Waals surface area contributed by atoms with Gasteiger partial charge in [0.15, 0.2) is 0 Å². The molecule has 0 bridgehead atoms. The third-order valence-corrected chi connectivity index (χ3v) is 4.54. The van der Waals surface area contributed by atoms with Crippen LogP contribution in [-0.2, 0) is 6.18 Å². The number of ether oxygens (including phenoxy) is 1. The lowest BCUT2D eigenvalue weighted by Gasteiger charge is -2.18. The topological polar surface area (TPSA) is 76.8 Å². The van der Waals surface area contributed by atoms with Crippen LogP contribution in [0, 0.1) is 0 Å². The Morgan fingerprint density at radius 3 is 2.63 bits per heavy atom. The normalized spacial score (nSPS) is 12.6. The van der Waals surface area contributed by atoms with E-state index in [4.69, 9.17) is 9.26 Å². The highest BCUT2D eigenvalue weighted by molar-refractivity contribution is 5.85. The van der Waals surface area contributed by atoms with Crippen molar-refractivity contribution in [3.8, 4) is 28.6 Å². The quantitative estimate of drug-likeness (QED) is 0.420. The summed E-state index contributed by atoms with van der Waals surface area (Å²) in [4.78, 5) is 11.4. The molecule has 0 aliphatic heterocycles. The molecule has 4 aromatic rings. The number of nitrogens with zero attached hydrogens (tertiary/aromatic N) is 3. The van der Waals surface area contributed by atoms with Gasteiger partial charge in [-0.05, 0) is 49.7 Å². The molecule has 1 atom stereocenters. The molecule has 2 aromatic carbocycles. The molecule has 0 aliphatic carbocycles. The fraction of sp³-hybridized carbons (Fsp3) is 0.250. The van der Waals surface area contributed by atoms with Gasteiger partial charge in [0.1, 0.15) is 5.75 Å². The predicted octanol–water partition coefficient (Wildman–Crippen LogP) is 5.90. The van der Waals surface area contributed by atoms with Gasteiger partial charge < -0.3 is 14.2 Å². The molecule has 0 fully saturated rings. The van der Waals surface area contributed by atoms with Crippen molar-refractivity contribution in [2.75, 3.05) is 0 Å². The average molecular weight is 439 g/mol. The third-order valence-electron chi connectivity index (χ3n) is 4.54. The number of hydrogen-bond acceptors (Lipinski definition) is 5. The van der Waals surface area contributed by atoms with E-state index in [9.17, 15) is 13.2 Å². The summed E-state index contributed by atoms with van der Waals surface area (Å²) in [6, 6.07) is 9.07. The maximum atomic E-state index is 13.5. The molecule has 0 saturated heterocycles. The van der Waals surface area contributed by atoms with Gasteiger partial charge in [0, 0.05) is 11.1 Å². The molecule has 0 saturated carbocycles. The SMILES string of the molecule is CCC(C)Oc1ccc(-c2nc(-c3ccc4nc[nH]c4c3)no2)cc1C(F)(F)F.Cl. The number of nitrogens with one attached hydrogen (secondary N) is 1. The summed E-state index contributed by atoms with van der Waals surface area (Å²) >= 11 is 0. The van der Waals surface area contributed by atoms with Gasteiger partial charge in [-0.15, -0.1) is 12.4 Å². The summed E-state index contributed by atoms with van der Waals surface area (Å²) in [6.45, 7) is 3.56. The Hall–Kier alpha value is -3.07. The van der Waals surface area contributed by atoms with Gasteiger partial charge in [0.2, 0.25) is 5.82 Å². The fourth-order valence-electron chi connectivity index (χ4n) is 2.82. The number of alkyl halides is 3. The average Bonchev–Trinajstić information content (AvgIpc) is 3.36. The summed E-state index contributed by atoms with van der Waals surface area (Å²) in [7, 11) is 0. The Morgan fingerprint density at radius 2 is 1.90 bits per heavy atom. The minimum absolute atomic E-state index is 0. The van der Waals surface area contributed by atoms with Crippen LogP contribution in [0.3, 0.4) is 0 Å². The van der Waals surface area contributed by atoms with Gasteiger partial charge in [-0.3, -0.25) is 0 Å². The van der Waals surface area contributed by atoms with E-state index in [-0.39, 0.29) is 41.5 Å². The number of aromatic nitrogens is 4. The molecule has 10 heteroatoms. The maximum absolute atomic E-state index is 13.5. The molecule has 2 aromatic heterocycles. The molecule has 0 spiro atoms. The van der Waals surface area contributed by atoms with Crippen LogP contribution in [0.2, 0.25) is 0 Å². The molecule has 6 nitrogen and oxygen atoms in total. The Bertz CT molecular complexity index is 1160. The van der Waals surface area contributed by atoms with Gasteiger partial charge in [-0.1, -0.05) is 12.1 Å². The number of benzene rings is 2. The van der Waals surface area contributed by atoms with Crippen molar-refractivity contribution in [2.45, 2.75) is 32.5 Å². The number of rotatable bonds is 5. The van der Waals surface area contributed by atoms with Crippen LogP contribution >= 0.6 is 12.4 Å². The number of H-pyrrole nitrogens is 1. The zero-order valence-corrected chi connectivity index (χ0v) is 16.8. The third kappa shape index (κ3) is 4.25. The van der Waals surface area contributed by atoms with Gasteiger partial charge in [-0.2, -0.15) is 18.2 Å². The molecular formula is C20H18ClF3N4O2. The molecule has 2 heterocycles. The van der Waals surface area contributed by atoms with Crippen LogP contribution in [0.1, 0.15) is 25.8 Å². The van der Waals surface area contributed by atoms with Crippen LogP contribution in [-0.4, -0.2) is 26.2 Å². The molecule has 158 valence electrons. The Kier molecular flexibility index (Phi) is 6.02. The van der Waals surface area contributed by atoms with Crippen molar-refractivity contribution in [2.24, 2.45) is 0 Å². The predicted molar refractivity (Wildman–Crippen MR) is 107 cm³/mol. The fourth-order valence-corrected chi connectivity index (χ4v) is 2.82. The summed E-state index contributed by atoms with van der Waals surface area (Å²) in [5.74, 6) is 0.0373. The molecule has 0 amide bonds. The van der Waals surface area contributed by atoms with E-state index in [2.05, 4.69) is 20.1 Å². The molecule has 0 aliphatic rings. The Balaban J connectivity index is 0.00000256. The minimum Gasteiger partial charge on any atom is -0.490 e. The lowest BCUT2D eigenvalue weighted by molar-refractivity contribution is -0.139. The number of hydrogen-bond donors (Lipinski definition) is 1. The van der Waals surface area contributed by atoms with E-state index in [1.54, 1.807) is 31.5 Å². The Morgan fingerprint density at radius 1 is 1.13 bits per heavy atom. The first-order valence-corrected chi connectivity index (χ1v) is 9.00. The molecule has 1 unspecified atom stereocenters. The monoisotopic (exact) mass is 438 g/mol. The standard InChI is InChI=1S/C20H17F3N4O2.ClH/c1-3-11(2)28-17-7-5-13(8-14(17)20(21,22)23)19-26-18(27-29-19)12-4-6-15-16(9-12)25-10-24-15;/h4-11H,3H2,1-2H3,(H,24,25);1H. The van der Waals surface area contributed by atoms with Crippen molar-refractivity contribution in [3.05, 3.63) is 48.3 Å². The van der Waals surface area contributed by atoms with Crippen LogP contribution in [0.5, 0.6) is 5.75 Å². The first-order valence-electron chi connectivity index (χ1n) is 9.00. The highest BCUT2D eigenvalue weighted by Gasteiger charge is 2.35. The van der Waals surface area contributed by atoms with Gasteiger partial charge in [0.05, 0.1) is 29.0 Å². The van der Waals surface area contributed by atoms with Gasteiger partial charge in [0.25, 0.3) is 5.89 Å². The van der Waals surface area contributed by atoms with Crippen molar-refractivity contribution in [1.82, 2.24) is 20.1 Å². The number of imidazole rings is 1. The maximum Gasteiger partial charge on any atom is 0.419 e. The molecule has 1 N–H and O–H groups in total. The van der Waals surface area contributed by atoms with E-state index in [0.29, 0.717) is 12.0 Å². The van der Waals surface area contributed by atoms with E-state index >= 15 is 0 Å². The van der Waals surface area contributed by atoms with E-state index in [0.717, 1.165) is 17.1 Å². The second-order valence-electron chi connectivity index (χ2n) is 6.60. The number of aromatic amines is 1. The van der Waals surface area contributed by atoms with Crippen LogP contribution in [0.15, 0.2) is 47.2 Å². The van der Waals surface area contributed by atoms with Crippen molar-refractivity contribution in [3.63, 3.8) is 0 Å². The lowest BCUT2D eigenvalue weighted by Crippen LogP contribution is -2.15. The first-order chi connectivity index (χ1) is 13.8. The van der Waals surface area contributed by atoms with Gasteiger partial charge >= 0.3 is 6.18 Å². The van der Waals surface area contributed by atoms with Crippen LogP contribution in [0.25, 0.3) is 33.9 Å². The largest absolute Gasteiger partial charge is 0.490 e. The van der Waals surface area contributed by atoms with Crippen molar-refractivity contribution < 1.29 is 22.4 Å². The summed E-state index contributed by atoms with van der Waals surface area (Å²) < 4.78 is 51.2. The van der Waals surface area contributed by atoms with E-state index in [1.165, 1.54) is 12.1 Å². The van der Waals surface area contributed by atoms with E-state index in [1.807, 2.05) is 6.92 Å². The van der Waals surface area contributed by atoms with Crippen molar-refractivity contribution in [1.29, 1.82) is 0 Å². The van der Waals surface area contributed by atoms with Crippen LogP contribution < -0.4 is 4.74 Å².